The average Bonchev–Trinajstić information content (AvgIpc) is 2.50. The average molecular weight is 266 g/mol. The molecule has 3 rings (SSSR count). The SMILES string of the molecule is O=C(O)c1ccc2ccccc2c1O.c1ccccc1. The first-order chi connectivity index (χ1) is 9.70. The third-order valence-corrected chi connectivity index (χ3v) is 2.80. The Hall–Kier alpha value is -2.81. The van der Waals surface area contributed by atoms with Crippen LogP contribution in [-0.2, 0) is 0 Å². The van der Waals surface area contributed by atoms with Crippen LogP contribution in [0.3, 0.4) is 0 Å². The molecule has 2 N–H and O–H groups in total. The molecule has 0 aliphatic rings. The minimum Gasteiger partial charge on any atom is -0.506 e. The van der Waals surface area contributed by atoms with E-state index in [1.807, 2.05) is 48.5 Å². The van der Waals surface area contributed by atoms with Gasteiger partial charge in [0.2, 0.25) is 0 Å². The summed E-state index contributed by atoms with van der Waals surface area (Å²) in [4.78, 5) is 10.7. The van der Waals surface area contributed by atoms with Crippen molar-refractivity contribution in [1.29, 1.82) is 0 Å². The molecule has 0 saturated heterocycles. The van der Waals surface area contributed by atoms with Gasteiger partial charge in [0.25, 0.3) is 0 Å². The molecule has 0 unspecified atom stereocenters. The molecule has 0 atom stereocenters. The highest BCUT2D eigenvalue weighted by molar-refractivity contribution is 6.00. The summed E-state index contributed by atoms with van der Waals surface area (Å²) in [6.07, 6.45) is 0. The van der Waals surface area contributed by atoms with E-state index in [0.29, 0.717) is 5.39 Å². The Bertz CT molecular complexity index is 679. The standard InChI is InChI=1S/C11H8O3.C6H6/c12-10-8-4-2-1-3-7(8)5-6-9(10)11(13)14;1-2-4-6-5-3-1/h1-6,12H,(H,13,14);1-6H. The van der Waals surface area contributed by atoms with E-state index >= 15 is 0 Å². The molecule has 3 aromatic rings. The maximum absolute atomic E-state index is 10.7. The second kappa shape index (κ2) is 6.38. The number of carbonyl (C=O) groups is 1. The maximum atomic E-state index is 10.7. The van der Waals surface area contributed by atoms with Crippen molar-refractivity contribution in [3.8, 4) is 5.75 Å². The summed E-state index contributed by atoms with van der Waals surface area (Å²) in [7, 11) is 0. The normalized spacial score (nSPS) is 9.60. The van der Waals surface area contributed by atoms with E-state index in [4.69, 9.17) is 5.11 Å². The Morgan fingerprint density at radius 1 is 0.750 bits per heavy atom. The van der Waals surface area contributed by atoms with Gasteiger partial charge in [-0.05, 0) is 11.5 Å². The van der Waals surface area contributed by atoms with Crippen LogP contribution in [0, 0.1) is 0 Å². The number of phenols is 1. The van der Waals surface area contributed by atoms with Crippen LogP contribution < -0.4 is 0 Å². The zero-order valence-electron chi connectivity index (χ0n) is 10.7. The Morgan fingerprint density at radius 2 is 1.30 bits per heavy atom. The van der Waals surface area contributed by atoms with Crippen LogP contribution in [0.4, 0.5) is 0 Å². The molecule has 100 valence electrons. The second-order valence-corrected chi connectivity index (χ2v) is 4.14. The van der Waals surface area contributed by atoms with Gasteiger partial charge in [0.15, 0.2) is 0 Å². The molecule has 0 fully saturated rings. The minimum atomic E-state index is -1.12. The first-order valence-corrected chi connectivity index (χ1v) is 6.14. The molecule has 0 spiro atoms. The molecule has 0 aromatic heterocycles. The lowest BCUT2D eigenvalue weighted by Crippen LogP contribution is -1.96. The largest absolute Gasteiger partial charge is 0.506 e. The van der Waals surface area contributed by atoms with E-state index in [1.54, 1.807) is 18.2 Å². The predicted molar refractivity (Wildman–Crippen MR) is 79.0 cm³/mol. The maximum Gasteiger partial charge on any atom is 0.339 e. The predicted octanol–water partition coefficient (Wildman–Crippen LogP) is 3.93. The molecule has 20 heavy (non-hydrogen) atoms. The van der Waals surface area contributed by atoms with Crippen molar-refractivity contribution >= 4 is 16.7 Å². The Kier molecular flexibility index (Phi) is 4.35. The van der Waals surface area contributed by atoms with Gasteiger partial charge in [-0.25, -0.2) is 4.79 Å². The van der Waals surface area contributed by atoms with Gasteiger partial charge >= 0.3 is 5.97 Å². The van der Waals surface area contributed by atoms with Crippen LogP contribution >= 0.6 is 0 Å². The van der Waals surface area contributed by atoms with Gasteiger partial charge in [-0.2, -0.15) is 0 Å². The number of hydrogen-bond acceptors (Lipinski definition) is 2. The summed E-state index contributed by atoms with van der Waals surface area (Å²) in [5.74, 6) is -1.29. The molecule has 0 amide bonds. The first-order valence-electron chi connectivity index (χ1n) is 6.14. The van der Waals surface area contributed by atoms with Crippen LogP contribution in [0.1, 0.15) is 10.4 Å². The fourth-order valence-electron chi connectivity index (χ4n) is 1.81. The number of aromatic hydroxyl groups is 1. The highest BCUT2D eigenvalue weighted by atomic mass is 16.4. The van der Waals surface area contributed by atoms with Gasteiger partial charge in [0.1, 0.15) is 11.3 Å². The van der Waals surface area contributed by atoms with Crippen molar-refractivity contribution in [3.05, 3.63) is 78.4 Å². The fraction of sp³-hybridized carbons (Fsp3) is 0. The van der Waals surface area contributed by atoms with Gasteiger partial charge in [-0.15, -0.1) is 0 Å². The van der Waals surface area contributed by atoms with Crippen molar-refractivity contribution in [1.82, 2.24) is 0 Å². The molecular formula is C17H14O3. The summed E-state index contributed by atoms with van der Waals surface area (Å²) in [5, 5.41) is 19.8. The minimum absolute atomic E-state index is 0.0660. The Balaban J connectivity index is 0.000000205. The number of carboxylic acids is 1. The fourth-order valence-corrected chi connectivity index (χ4v) is 1.81. The number of hydrogen-bond donors (Lipinski definition) is 2. The van der Waals surface area contributed by atoms with Gasteiger partial charge in [-0.1, -0.05) is 66.7 Å². The van der Waals surface area contributed by atoms with Crippen LogP contribution in [-0.4, -0.2) is 16.2 Å². The topological polar surface area (TPSA) is 57.5 Å². The van der Waals surface area contributed by atoms with Gasteiger partial charge in [0, 0.05) is 5.39 Å². The summed E-state index contributed by atoms with van der Waals surface area (Å²) in [6, 6.07) is 22.2. The van der Waals surface area contributed by atoms with Crippen molar-refractivity contribution in [2.75, 3.05) is 0 Å². The molecule has 0 aliphatic heterocycles. The summed E-state index contributed by atoms with van der Waals surface area (Å²) in [5.41, 5.74) is -0.0660. The number of benzene rings is 3. The zero-order chi connectivity index (χ0) is 14.4. The van der Waals surface area contributed by atoms with Gasteiger partial charge < -0.3 is 10.2 Å². The summed E-state index contributed by atoms with van der Waals surface area (Å²) >= 11 is 0. The van der Waals surface area contributed by atoms with E-state index in [1.165, 1.54) is 6.07 Å². The van der Waals surface area contributed by atoms with Crippen molar-refractivity contribution in [2.24, 2.45) is 0 Å². The number of aromatic carboxylic acids is 1. The van der Waals surface area contributed by atoms with Crippen LogP contribution in [0.25, 0.3) is 10.8 Å². The molecule has 0 radical (unpaired) electrons. The lowest BCUT2D eigenvalue weighted by atomic mass is 10.1. The van der Waals surface area contributed by atoms with Crippen LogP contribution in [0.5, 0.6) is 5.75 Å². The smallest absolute Gasteiger partial charge is 0.339 e. The molecular weight excluding hydrogens is 252 g/mol. The lowest BCUT2D eigenvalue weighted by molar-refractivity contribution is 0.0694. The number of fused-ring (bicyclic) bond motifs is 1. The molecule has 0 bridgehead atoms. The number of rotatable bonds is 1. The van der Waals surface area contributed by atoms with E-state index in [2.05, 4.69) is 0 Å². The molecule has 3 heteroatoms. The van der Waals surface area contributed by atoms with Crippen molar-refractivity contribution in [2.45, 2.75) is 0 Å². The molecule has 0 heterocycles. The summed E-state index contributed by atoms with van der Waals surface area (Å²) in [6.45, 7) is 0. The third-order valence-electron chi connectivity index (χ3n) is 2.80. The summed E-state index contributed by atoms with van der Waals surface area (Å²) < 4.78 is 0. The first kappa shape index (κ1) is 13.6. The molecule has 0 aliphatic carbocycles. The quantitative estimate of drug-likeness (QED) is 0.701. The Labute approximate surface area is 116 Å². The van der Waals surface area contributed by atoms with Crippen molar-refractivity contribution in [3.63, 3.8) is 0 Å². The van der Waals surface area contributed by atoms with Gasteiger partial charge in [0.05, 0.1) is 0 Å². The monoisotopic (exact) mass is 266 g/mol. The third kappa shape index (κ3) is 3.14. The van der Waals surface area contributed by atoms with E-state index in [0.717, 1.165) is 5.39 Å². The second-order valence-electron chi connectivity index (χ2n) is 4.14. The Morgan fingerprint density at radius 3 is 1.85 bits per heavy atom. The highest BCUT2D eigenvalue weighted by Gasteiger charge is 2.11. The molecule has 3 aromatic carbocycles. The molecule has 3 nitrogen and oxygen atoms in total. The van der Waals surface area contributed by atoms with Crippen LogP contribution in [0.2, 0.25) is 0 Å². The zero-order valence-corrected chi connectivity index (χ0v) is 10.7. The lowest BCUT2D eigenvalue weighted by Gasteiger charge is -2.03. The van der Waals surface area contributed by atoms with Crippen molar-refractivity contribution < 1.29 is 15.0 Å². The highest BCUT2D eigenvalue weighted by Crippen LogP contribution is 2.28. The van der Waals surface area contributed by atoms with Crippen LogP contribution in [0.15, 0.2) is 72.8 Å². The van der Waals surface area contributed by atoms with E-state index in [-0.39, 0.29) is 11.3 Å². The van der Waals surface area contributed by atoms with E-state index in [9.17, 15) is 9.90 Å². The van der Waals surface area contributed by atoms with Gasteiger partial charge in [-0.3, -0.25) is 0 Å². The molecule has 0 saturated carbocycles. The van der Waals surface area contributed by atoms with E-state index < -0.39 is 5.97 Å². The number of carboxylic acid groups (broad SMARTS) is 1.